The van der Waals surface area contributed by atoms with Gasteiger partial charge in [-0.3, -0.25) is 4.79 Å². The van der Waals surface area contributed by atoms with Gasteiger partial charge in [0.2, 0.25) is 0 Å². The molecule has 1 unspecified atom stereocenters. The maximum atomic E-state index is 12.1. The minimum atomic E-state index is -0.199. The molecular formula is C13H23NO3. The van der Waals surface area contributed by atoms with Gasteiger partial charge in [-0.1, -0.05) is 0 Å². The van der Waals surface area contributed by atoms with Crippen LogP contribution in [0.25, 0.3) is 0 Å². The van der Waals surface area contributed by atoms with E-state index < -0.39 is 0 Å². The number of carbonyl (C=O) groups is 1. The number of hydrogen-bond acceptors (Lipinski definition) is 3. The molecule has 0 spiro atoms. The van der Waals surface area contributed by atoms with Crippen molar-refractivity contribution in [3.05, 3.63) is 0 Å². The molecule has 1 aliphatic heterocycles. The van der Waals surface area contributed by atoms with Gasteiger partial charge in [0.1, 0.15) is 6.10 Å². The smallest absolute Gasteiger partial charge is 0.251 e. The molecule has 0 aromatic rings. The van der Waals surface area contributed by atoms with E-state index in [0.29, 0.717) is 12.0 Å². The van der Waals surface area contributed by atoms with Gasteiger partial charge in [0.25, 0.3) is 5.91 Å². The average molecular weight is 241 g/mol. The van der Waals surface area contributed by atoms with E-state index in [1.165, 1.54) is 0 Å². The highest BCUT2D eigenvalue weighted by molar-refractivity contribution is 5.81. The minimum absolute atomic E-state index is 0.148. The molecule has 1 saturated carbocycles. The molecule has 2 fully saturated rings. The number of aliphatic hydroxyl groups is 1. The molecule has 4 nitrogen and oxygen atoms in total. The van der Waals surface area contributed by atoms with Crippen LogP contribution in [0.3, 0.4) is 0 Å². The summed E-state index contributed by atoms with van der Waals surface area (Å²) in [5, 5.41) is 9.10. The lowest BCUT2D eigenvalue weighted by Crippen LogP contribution is -2.44. The first-order valence-electron chi connectivity index (χ1n) is 6.71. The maximum absolute atomic E-state index is 12.1. The van der Waals surface area contributed by atoms with Crippen molar-refractivity contribution in [1.29, 1.82) is 0 Å². The van der Waals surface area contributed by atoms with Gasteiger partial charge in [0.05, 0.1) is 0 Å². The molecule has 0 bridgehead atoms. The zero-order valence-corrected chi connectivity index (χ0v) is 10.6. The molecule has 1 heterocycles. The first kappa shape index (κ1) is 12.8. The number of nitrogens with zero attached hydrogens (tertiary/aromatic N) is 1. The third kappa shape index (κ3) is 2.99. The van der Waals surface area contributed by atoms with Gasteiger partial charge >= 0.3 is 0 Å². The Morgan fingerprint density at radius 3 is 2.53 bits per heavy atom. The second-order valence-corrected chi connectivity index (χ2v) is 5.31. The fraction of sp³-hybridized carbons (Fsp3) is 0.923. The molecule has 0 aromatic heterocycles. The van der Waals surface area contributed by atoms with Gasteiger partial charge in [-0.2, -0.15) is 0 Å². The van der Waals surface area contributed by atoms with E-state index in [1.807, 2.05) is 11.9 Å². The molecule has 1 atom stereocenters. The highest BCUT2D eigenvalue weighted by Gasteiger charge is 2.31. The molecule has 1 saturated heterocycles. The Morgan fingerprint density at radius 2 is 2.00 bits per heavy atom. The fourth-order valence-corrected chi connectivity index (χ4v) is 2.89. The number of hydrogen-bond donors (Lipinski definition) is 1. The summed E-state index contributed by atoms with van der Waals surface area (Å²) in [4.78, 5) is 14.0. The summed E-state index contributed by atoms with van der Waals surface area (Å²) >= 11 is 0. The van der Waals surface area contributed by atoms with E-state index in [-0.39, 0.29) is 18.6 Å². The molecule has 2 rings (SSSR count). The quantitative estimate of drug-likeness (QED) is 0.807. The monoisotopic (exact) mass is 241 g/mol. The van der Waals surface area contributed by atoms with Crippen LogP contribution >= 0.6 is 0 Å². The SMILES string of the molecule is CN(C(=O)C1CCCO1)C1CCC(CO)CC1. The van der Waals surface area contributed by atoms with Crippen LogP contribution in [0.4, 0.5) is 0 Å². The fourth-order valence-electron chi connectivity index (χ4n) is 2.89. The van der Waals surface area contributed by atoms with Crippen molar-refractivity contribution in [3.63, 3.8) is 0 Å². The molecule has 1 amide bonds. The van der Waals surface area contributed by atoms with Crippen LogP contribution in [0, 0.1) is 5.92 Å². The maximum Gasteiger partial charge on any atom is 0.251 e. The van der Waals surface area contributed by atoms with E-state index >= 15 is 0 Å². The second kappa shape index (κ2) is 5.83. The summed E-state index contributed by atoms with van der Waals surface area (Å²) in [6, 6.07) is 0.342. The first-order valence-corrected chi connectivity index (χ1v) is 6.71. The van der Waals surface area contributed by atoms with E-state index in [0.717, 1.165) is 45.1 Å². The lowest BCUT2D eigenvalue weighted by Gasteiger charge is -2.35. The third-order valence-corrected chi connectivity index (χ3v) is 4.17. The van der Waals surface area contributed by atoms with Crippen molar-refractivity contribution < 1.29 is 14.6 Å². The van der Waals surface area contributed by atoms with Crippen LogP contribution in [-0.2, 0) is 9.53 Å². The second-order valence-electron chi connectivity index (χ2n) is 5.31. The number of aliphatic hydroxyl groups excluding tert-OH is 1. The van der Waals surface area contributed by atoms with Crippen molar-refractivity contribution in [2.24, 2.45) is 5.92 Å². The van der Waals surface area contributed by atoms with E-state index in [4.69, 9.17) is 9.84 Å². The first-order chi connectivity index (χ1) is 8.22. The van der Waals surface area contributed by atoms with Crippen molar-refractivity contribution >= 4 is 5.91 Å². The number of amides is 1. The van der Waals surface area contributed by atoms with Crippen molar-refractivity contribution in [2.75, 3.05) is 20.3 Å². The zero-order valence-electron chi connectivity index (χ0n) is 10.6. The largest absolute Gasteiger partial charge is 0.396 e. The predicted molar refractivity (Wildman–Crippen MR) is 64.6 cm³/mol. The van der Waals surface area contributed by atoms with Crippen molar-refractivity contribution in [1.82, 2.24) is 4.90 Å². The Balaban J connectivity index is 1.83. The van der Waals surface area contributed by atoms with Gasteiger partial charge in [-0.25, -0.2) is 0 Å². The summed E-state index contributed by atoms with van der Waals surface area (Å²) in [7, 11) is 1.90. The van der Waals surface area contributed by atoms with E-state index in [1.54, 1.807) is 0 Å². The molecule has 0 aromatic carbocycles. The summed E-state index contributed by atoms with van der Waals surface area (Å²) in [6.45, 7) is 1.01. The number of carbonyl (C=O) groups excluding carboxylic acids is 1. The Hall–Kier alpha value is -0.610. The Morgan fingerprint density at radius 1 is 1.29 bits per heavy atom. The van der Waals surface area contributed by atoms with Crippen LogP contribution < -0.4 is 0 Å². The molecule has 0 radical (unpaired) electrons. The number of rotatable bonds is 3. The highest BCUT2D eigenvalue weighted by atomic mass is 16.5. The molecule has 98 valence electrons. The number of likely N-dealkylation sites (N-methyl/N-ethyl adjacent to an activating group) is 1. The van der Waals surface area contributed by atoms with Gasteiger partial charge in [-0.05, 0) is 44.4 Å². The van der Waals surface area contributed by atoms with Crippen LogP contribution in [0.2, 0.25) is 0 Å². The van der Waals surface area contributed by atoms with Crippen LogP contribution in [-0.4, -0.2) is 48.3 Å². The molecular weight excluding hydrogens is 218 g/mol. The van der Waals surface area contributed by atoms with Gasteiger partial charge in [0.15, 0.2) is 0 Å². The topological polar surface area (TPSA) is 49.8 Å². The summed E-state index contributed by atoms with van der Waals surface area (Å²) < 4.78 is 5.44. The molecule has 4 heteroatoms. The van der Waals surface area contributed by atoms with E-state index in [2.05, 4.69) is 0 Å². The van der Waals surface area contributed by atoms with Crippen molar-refractivity contribution in [2.45, 2.75) is 50.7 Å². The van der Waals surface area contributed by atoms with Crippen molar-refractivity contribution in [3.8, 4) is 0 Å². The lowest BCUT2D eigenvalue weighted by molar-refractivity contribution is -0.142. The van der Waals surface area contributed by atoms with Gasteiger partial charge < -0.3 is 14.7 Å². The third-order valence-electron chi connectivity index (χ3n) is 4.17. The molecule has 17 heavy (non-hydrogen) atoms. The standard InChI is InChI=1S/C13H23NO3/c1-14(13(16)12-3-2-8-17-12)11-6-4-10(9-15)5-7-11/h10-12,15H,2-9H2,1H3. The molecule has 2 aliphatic rings. The van der Waals surface area contributed by atoms with Crippen LogP contribution in [0.1, 0.15) is 38.5 Å². The van der Waals surface area contributed by atoms with Crippen LogP contribution in [0.15, 0.2) is 0 Å². The molecule has 1 aliphatic carbocycles. The predicted octanol–water partition coefficient (Wildman–Crippen LogP) is 1.17. The van der Waals surface area contributed by atoms with Crippen LogP contribution in [0.5, 0.6) is 0 Å². The average Bonchev–Trinajstić information content (AvgIpc) is 2.91. The summed E-state index contributed by atoms with van der Waals surface area (Å²) in [5.74, 6) is 0.590. The molecule has 1 N–H and O–H groups in total. The van der Waals surface area contributed by atoms with Gasteiger partial charge in [-0.15, -0.1) is 0 Å². The normalized spacial score (nSPS) is 33.6. The van der Waals surface area contributed by atoms with E-state index in [9.17, 15) is 4.79 Å². The number of ether oxygens (including phenoxy) is 1. The zero-order chi connectivity index (χ0) is 12.3. The lowest BCUT2D eigenvalue weighted by atomic mass is 9.86. The summed E-state index contributed by atoms with van der Waals surface area (Å²) in [6.07, 6.45) is 5.77. The Labute approximate surface area is 103 Å². The highest BCUT2D eigenvalue weighted by Crippen LogP contribution is 2.27. The summed E-state index contributed by atoms with van der Waals surface area (Å²) in [5.41, 5.74) is 0. The Bertz CT molecular complexity index is 255. The Kier molecular flexibility index (Phi) is 4.40. The van der Waals surface area contributed by atoms with Gasteiger partial charge in [0, 0.05) is 26.3 Å². The minimum Gasteiger partial charge on any atom is -0.396 e.